The zero-order chi connectivity index (χ0) is 24.3. The number of nitrogens with two attached hydrogens (primary N) is 1. The van der Waals surface area contributed by atoms with E-state index in [4.69, 9.17) is 15.2 Å². The summed E-state index contributed by atoms with van der Waals surface area (Å²) in [5.74, 6) is -0.461. The van der Waals surface area contributed by atoms with Crippen molar-refractivity contribution in [3.05, 3.63) is 89.0 Å². The number of benzene rings is 3. The number of fused-ring (bicyclic) bond motifs is 3. The summed E-state index contributed by atoms with van der Waals surface area (Å²) in [7, 11) is 0. The first kappa shape index (κ1) is 26.4. The van der Waals surface area contributed by atoms with E-state index in [2.05, 4.69) is 5.32 Å². The van der Waals surface area contributed by atoms with Crippen LogP contribution in [-0.2, 0) is 10.9 Å². The lowest BCUT2D eigenvalue weighted by Crippen LogP contribution is -2.29. The molecule has 0 heterocycles. The molecule has 1 aliphatic carbocycles. The van der Waals surface area contributed by atoms with Gasteiger partial charge in [0, 0.05) is 18.0 Å². The maximum atomic E-state index is 13.5. The first-order chi connectivity index (χ1) is 16.3. The SMILES string of the molecule is C[C@@H](NC(=O)OCC1c2ccccc2-c2ccccc21)c1cccc(C(F)(F)F)c1OCCN.Cl. The maximum absolute atomic E-state index is 13.5. The number of carbonyl (C=O) groups excluding carboxylic acids is 1. The Bertz CT molecular complexity index is 1140. The number of hydrogen-bond donors (Lipinski definition) is 2. The molecule has 0 bridgehead atoms. The Balaban J connectivity index is 0.00000342. The van der Waals surface area contributed by atoms with Gasteiger partial charge >= 0.3 is 12.3 Å². The molecule has 0 saturated carbocycles. The lowest BCUT2D eigenvalue weighted by Gasteiger charge is -2.22. The summed E-state index contributed by atoms with van der Waals surface area (Å²) < 4.78 is 51.3. The minimum absolute atomic E-state index is 0. The fourth-order valence-corrected chi connectivity index (χ4v) is 4.34. The van der Waals surface area contributed by atoms with Gasteiger partial charge in [-0.2, -0.15) is 13.2 Å². The summed E-state index contributed by atoms with van der Waals surface area (Å²) >= 11 is 0. The van der Waals surface area contributed by atoms with E-state index < -0.39 is 23.9 Å². The molecule has 0 fully saturated rings. The number of hydrogen-bond acceptors (Lipinski definition) is 4. The minimum Gasteiger partial charge on any atom is -0.491 e. The predicted molar refractivity (Wildman–Crippen MR) is 130 cm³/mol. The summed E-state index contributed by atoms with van der Waals surface area (Å²) in [6.45, 7) is 1.65. The third-order valence-corrected chi connectivity index (χ3v) is 5.86. The van der Waals surface area contributed by atoms with Gasteiger partial charge in [-0.3, -0.25) is 0 Å². The van der Waals surface area contributed by atoms with E-state index in [1.807, 2.05) is 48.5 Å². The lowest BCUT2D eigenvalue weighted by molar-refractivity contribution is -0.139. The first-order valence-electron chi connectivity index (χ1n) is 11.0. The highest BCUT2D eigenvalue weighted by molar-refractivity contribution is 5.85. The summed E-state index contributed by atoms with van der Waals surface area (Å²) in [6.07, 6.45) is -5.33. The van der Waals surface area contributed by atoms with Crippen LogP contribution in [0.1, 0.15) is 41.1 Å². The number of nitrogens with one attached hydrogen (secondary N) is 1. The largest absolute Gasteiger partial charge is 0.491 e. The van der Waals surface area contributed by atoms with Crippen molar-refractivity contribution in [2.45, 2.75) is 25.1 Å². The molecule has 0 saturated heterocycles. The average molecular weight is 507 g/mol. The van der Waals surface area contributed by atoms with Crippen LogP contribution in [0.25, 0.3) is 11.1 Å². The third-order valence-electron chi connectivity index (χ3n) is 5.86. The number of halogens is 4. The van der Waals surface area contributed by atoms with Crippen LogP contribution in [0.3, 0.4) is 0 Å². The number of alkyl carbamates (subject to hydrolysis) is 1. The molecular formula is C26H26ClF3N2O3. The van der Waals surface area contributed by atoms with Crippen molar-refractivity contribution >= 4 is 18.5 Å². The smallest absolute Gasteiger partial charge is 0.419 e. The number of carbonyl (C=O) groups is 1. The summed E-state index contributed by atoms with van der Waals surface area (Å²) in [6, 6.07) is 18.8. The Labute approximate surface area is 207 Å². The number of rotatable bonds is 7. The van der Waals surface area contributed by atoms with Gasteiger partial charge in [-0.05, 0) is 35.2 Å². The predicted octanol–water partition coefficient (Wildman–Crippen LogP) is 6.06. The number of alkyl halides is 3. The van der Waals surface area contributed by atoms with Crippen LogP contribution in [-0.4, -0.2) is 25.9 Å². The number of ether oxygens (including phenoxy) is 2. The van der Waals surface area contributed by atoms with E-state index in [0.29, 0.717) is 0 Å². The van der Waals surface area contributed by atoms with Crippen LogP contribution in [0.4, 0.5) is 18.0 Å². The quantitative estimate of drug-likeness (QED) is 0.408. The zero-order valence-electron chi connectivity index (χ0n) is 19.0. The molecule has 0 aromatic heterocycles. The van der Waals surface area contributed by atoms with Crippen LogP contribution in [0.2, 0.25) is 0 Å². The van der Waals surface area contributed by atoms with Crippen molar-refractivity contribution < 1.29 is 27.4 Å². The minimum atomic E-state index is -4.61. The van der Waals surface area contributed by atoms with E-state index in [9.17, 15) is 18.0 Å². The Morgan fingerprint density at radius 3 is 2.17 bits per heavy atom. The highest BCUT2D eigenvalue weighted by Crippen LogP contribution is 2.44. The van der Waals surface area contributed by atoms with Crippen molar-refractivity contribution in [3.8, 4) is 16.9 Å². The highest BCUT2D eigenvalue weighted by atomic mass is 35.5. The van der Waals surface area contributed by atoms with Gasteiger partial charge in [-0.15, -0.1) is 12.4 Å². The summed E-state index contributed by atoms with van der Waals surface area (Å²) in [4.78, 5) is 12.6. The molecule has 4 rings (SSSR count). The molecule has 3 N–H and O–H groups in total. The average Bonchev–Trinajstić information content (AvgIpc) is 3.14. The molecule has 3 aromatic rings. The Hall–Kier alpha value is -3.23. The highest BCUT2D eigenvalue weighted by Gasteiger charge is 2.36. The van der Waals surface area contributed by atoms with Gasteiger partial charge in [0.05, 0.1) is 11.6 Å². The molecule has 0 unspecified atom stereocenters. The van der Waals surface area contributed by atoms with Crippen LogP contribution in [0.5, 0.6) is 5.75 Å². The van der Waals surface area contributed by atoms with Crippen LogP contribution < -0.4 is 15.8 Å². The zero-order valence-corrected chi connectivity index (χ0v) is 19.8. The first-order valence-corrected chi connectivity index (χ1v) is 11.0. The Morgan fingerprint density at radius 1 is 1.00 bits per heavy atom. The van der Waals surface area contributed by atoms with Crippen molar-refractivity contribution in [3.63, 3.8) is 0 Å². The summed E-state index contributed by atoms with van der Waals surface area (Å²) in [5, 5.41) is 2.62. The van der Waals surface area contributed by atoms with E-state index in [1.165, 1.54) is 12.1 Å². The van der Waals surface area contributed by atoms with E-state index >= 15 is 0 Å². The van der Waals surface area contributed by atoms with Gasteiger partial charge in [0.1, 0.15) is 19.0 Å². The number of amides is 1. The maximum Gasteiger partial charge on any atom is 0.419 e. The molecule has 1 atom stereocenters. The lowest BCUT2D eigenvalue weighted by atomic mass is 9.98. The third kappa shape index (κ3) is 5.55. The van der Waals surface area contributed by atoms with E-state index in [-0.39, 0.29) is 49.4 Å². The van der Waals surface area contributed by atoms with Gasteiger partial charge in [0.25, 0.3) is 0 Å². The van der Waals surface area contributed by atoms with Gasteiger partial charge in [-0.1, -0.05) is 60.7 Å². The van der Waals surface area contributed by atoms with Crippen LogP contribution in [0, 0.1) is 0 Å². The van der Waals surface area contributed by atoms with Gasteiger partial charge in [-0.25, -0.2) is 4.79 Å². The molecule has 0 aliphatic heterocycles. The molecule has 186 valence electrons. The molecule has 1 aliphatic rings. The number of para-hydroxylation sites is 1. The topological polar surface area (TPSA) is 73.6 Å². The van der Waals surface area contributed by atoms with E-state index in [1.54, 1.807) is 6.92 Å². The standard InChI is InChI=1S/C26H25F3N2O3.ClH/c1-16(17-11-6-12-23(26(27,28)29)24(17)33-14-13-30)31-25(32)34-15-22-20-9-4-2-7-18(20)19-8-3-5-10-21(19)22;/h2-12,16,22H,13-15,30H2,1H3,(H,31,32);1H/t16-;/m1./s1. The van der Waals surface area contributed by atoms with Crippen molar-refractivity contribution in [1.82, 2.24) is 5.32 Å². The monoisotopic (exact) mass is 506 g/mol. The normalized spacial score (nSPS) is 13.3. The summed E-state index contributed by atoms with van der Waals surface area (Å²) in [5.41, 5.74) is 9.03. The van der Waals surface area contributed by atoms with Gasteiger partial charge in [0.2, 0.25) is 0 Å². The van der Waals surface area contributed by atoms with Crippen molar-refractivity contribution in [1.29, 1.82) is 0 Å². The van der Waals surface area contributed by atoms with E-state index in [0.717, 1.165) is 28.3 Å². The van der Waals surface area contributed by atoms with Crippen LogP contribution in [0.15, 0.2) is 66.7 Å². The van der Waals surface area contributed by atoms with Gasteiger partial charge < -0.3 is 20.5 Å². The van der Waals surface area contributed by atoms with Gasteiger partial charge in [0.15, 0.2) is 0 Å². The second kappa shape index (κ2) is 11.0. The molecule has 0 radical (unpaired) electrons. The molecule has 35 heavy (non-hydrogen) atoms. The second-order valence-corrected chi connectivity index (χ2v) is 8.05. The second-order valence-electron chi connectivity index (χ2n) is 8.05. The molecule has 9 heteroatoms. The molecule has 1 amide bonds. The molecule has 5 nitrogen and oxygen atoms in total. The molecule has 3 aromatic carbocycles. The van der Waals surface area contributed by atoms with Crippen molar-refractivity contribution in [2.24, 2.45) is 5.73 Å². The van der Waals surface area contributed by atoms with Crippen LogP contribution >= 0.6 is 12.4 Å². The Kier molecular flexibility index (Phi) is 8.30. The molecule has 0 spiro atoms. The van der Waals surface area contributed by atoms with Crippen molar-refractivity contribution in [2.75, 3.05) is 19.8 Å². The fraction of sp³-hybridized carbons (Fsp3) is 0.269. The fourth-order valence-electron chi connectivity index (χ4n) is 4.34. The molecular weight excluding hydrogens is 481 g/mol. The Morgan fingerprint density at radius 2 is 1.60 bits per heavy atom.